The molecule has 20 heavy (non-hydrogen) atoms. The summed E-state index contributed by atoms with van der Waals surface area (Å²) in [5.74, 6) is 0.0155. The number of Topliss-reactive ketones (excluding diaryl/α,β-unsaturated/α-hetero) is 1. The Balaban J connectivity index is 2.02. The fraction of sp³-hybridized carbons (Fsp3) is 0.294. The zero-order valence-electron chi connectivity index (χ0n) is 11.4. The third kappa shape index (κ3) is 2.36. The molecule has 1 aliphatic carbocycles. The van der Waals surface area contributed by atoms with Crippen LogP contribution in [0.3, 0.4) is 0 Å². The van der Waals surface area contributed by atoms with Crippen LogP contribution >= 0.6 is 11.6 Å². The summed E-state index contributed by atoms with van der Waals surface area (Å²) in [6.45, 7) is 1.95. The number of aryl methyl sites for hydroxylation is 2. The molecule has 1 heterocycles. The second kappa shape index (κ2) is 5.37. The van der Waals surface area contributed by atoms with Gasteiger partial charge in [-0.25, -0.2) is 0 Å². The zero-order chi connectivity index (χ0) is 14.1. The van der Waals surface area contributed by atoms with Crippen molar-refractivity contribution in [2.75, 3.05) is 0 Å². The SMILES string of the molecule is Cc1ccc(Cl)cc1C(=O)C1CCCc2cccnc21. The highest BCUT2D eigenvalue weighted by Gasteiger charge is 2.29. The van der Waals surface area contributed by atoms with Gasteiger partial charge in [-0.2, -0.15) is 0 Å². The average molecular weight is 286 g/mol. The first-order valence-corrected chi connectivity index (χ1v) is 7.29. The van der Waals surface area contributed by atoms with E-state index >= 15 is 0 Å². The number of fused-ring (bicyclic) bond motifs is 1. The van der Waals surface area contributed by atoms with Crippen molar-refractivity contribution >= 4 is 17.4 Å². The van der Waals surface area contributed by atoms with Crippen molar-refractivity contribution in [3.8, 4) is 0 Å². The molecule has 2 aromatic rings. The van der Waals surface area contributed by atoms with Crippen molar-refractivity contribution in [3.63, 3.8) is 0 Å². The Bertz CT molecular complexity index is 666. The third-order valence-corrected chi connectivity index (χ3v) is 4.21. The van der Waals surface area contributed by atoms with Gasteiger partial charge in [-0.15, -0.1) is 0 Å². The minimum absolute atomic E-state index is 0.128. The minimum Gasteiger partial charge on any atom is -0.293 e. The lowest BCUT2D eigenvalue weighted by Crippen LogP contribution is -2.20. The molecule has 1 aromatic carbocycles. The van der Waals surface area contributed by atoms with Crippen LogP contribution < -0.4 is 0 Å². The molecule has 1 atom stereocenters. The quantitative estimate of drug-likeness (QED) is 0.768. The highest BCUT2D eigenvalue weighted by molar-refractivity contribution is 6.31. The highest BCUT2D eigenvalue weighted by atomic mass is 35.5. The maximum absolute atomic E-state index is 12.8. The molecule has 102 valence electrons. The predicted octanol–water partition coefficient (Wildman–Crippen LogP) is 4.35. The first-order chi connectivity index (χ1) is 9.66. The summed E-state index contributed by atoms with van der Waals surface area (Å²) in [6, 6.07) is 9.51. The van der Waals surface area contributed by atoms with E-state index in [1.807, 2.05) is 25.1 Å². The Morgan fingerprint density at radius 3 is 3.05 bits per heavy atom. The third-order valence-electron chi connectivity index (χ3n) is 3.98. The van der Waals surface area contributed by atoms with Crippen molar-refractivity contribution in [3.05, 3.63) is 63.9 Å². The van der Waals surface area contributed by atoms with Crippen LogP contribution in [-0.2, 0) is 6.42 Å². The van der Waals surface area contributed by atoms with Gasteiger partial charge >= 0.3 is 0 Å². The number of ketones is 1. The van der Waals surface area contributed by atoms with Crippen LogP contribution in [0.1, 0.15) is 45.9 Å². The lowest BCUT2D eigenvalue weighted by Gasteiger charge is -2.23. The van der Waals surface area contributed by atoms with E-state index in [-0.39, 0.29) is 11.7 Å². The lowest BCUT2D eigenvalue weighted by atomic mass is 9.81. The first kappa shape index (κ1) is 13.3. The Labute approximate surface area is 123 Å². The monoisotopic (exact) mass is 285 g/mol. The van der Waals surface area contributed by atoms with E-state index in [4.69, 9.17) is 11.6 Å². The van der Waals surface area contributed by atoms with Crippen molar-refractivity contribution in [1.29, 1.82) is 0 Å². The van der Waals surface area contributed by atoms with Gasteiger partial charge in [0.1, 0.15) is 0 Å². The maximum Gasteiger partial charge on any atom is 0.172 e. The molecule has 0 bridgehead atoms. The van der Waals surface area contributed by atoms with Crippen LogP contribution in [0.25, 0.3) is 0 Å². The molecule has 2 nitrogen and oxygen atoms in total. The van der Waals surface area contributed by atoms with E-state index in [1.165, 1.54) is 5.56 Å². The number of benzene rings is 1. The van der Waals surface area contributed by atoms with E-state index in [1.54, 1.807) is 12.3 Å². The Morgan fingerprint density at radius 1 is 1.35 bits per heavy atom. The molecule has 0 saturated heterocycles. The Morgan fingerprint density at radius 2 is 2.20 bits per heavy atom. The van der Waals surface area contributed by atoms with Crippen LogP contribution in [0.5, 0.6) is 0 Å². The predicted molar refractivity (Wildman–Crippen MR) is 80.4 cm³/mol. The molecular weight excluding hydrogens is 270 g/mol. The summed E-state index contributed by atoms with van der Waals surface area (Å²) in [7, 11) is 0. The van der Waals surface area contributed by atoms with Gasteiger partial charge in [-0.05, 0) is 55.5 Å². The summed E-state index contributed by atoms with van der Waals surface area (Å²) >= 11 is 6.03. The topological polar surface area (TPSA) is 30.0 Å². The van der Waals surface area contributed by atoms with Gasteiger partial charge in [0.05, 0.1) is 11.6 Å². The van der Waals surface area contributed by atoms with Gasteiger partial charge in [0.2, 0.25) is 0 Å². The number of halogens is 1. The second-order valence-electron chi connectivity index (χ2n) is 5.32. The number of nitrogens with zero attached hydrogens (tertiary/aromatic N) is 1. The van der Waals surface area contributed by atoms with Gasteiger partial charge in [0.15, 0.2) is 5.78 Å². The van der Waals surface area contributed by atoms with E-state index in [9.17, 15) is 4.79 Å². The van der Waals surface area contributed by atoms with Crippen LogP contribution in [0.15, 0.2) is 36.5 Å². The summed E-state index contributed by atoms with van der Waals surface area (Å²) in [5, 5.41) is 0.607. The van der Waals surface area contributed by atoms with Crippen molar-refractivity contribution in [2.24, 2.45) is 0 Å². The molecule has 1 aromatic heterocycles. The Hall–Kier alpha value is -1.67. The molecule has 0 spiro atoms. The number of rotatable bonds is 2. The molecule has 3 rings (SSSR count). The normalized spacial score (nSPS) is 17.6. The number of pyridine rings is 1. The molecule has 3 heteroatoms. The van der Waals surface area contributed by atoms with Crippen LogP contribution in [-0.4, -0.2) is 10.8 Å². The fourth-order valence-corrected chi connectivity index (χ4v) is 3.08. The number of carbonyl (C=O) groups excluding carboxylic acids is 1. The van der Waals surface area contributed by atoms with Crippen LogP contribution in [0.2, 0.25) is 5.02 Å². The number of hydrogen-bond donors (Lipinski definition) is 0. The van der Waals surface area contributed by atoms with Crippen molar-refractivity contribution in [1.82, 2.24) is 4.98 Å². The van der Waals surface area contributed by atoms with Crippen LogP contribution in [0.4, 0.5) is 0 Å². The van der Waals surface area contributed by atoms with Gasteiger partial charge in [-0.1, -0.05) is 23.7 Å². The fourth-order valence-electron chi connectivity index (χ4n) is 2.91. The largest absolute Gasteiger partial charge is 0.293 e. The maximum atomic E-state index is 12.8. The molecule has 0 fully saturated rings. The standard InChI is InChI=1S/C17H16ClNO/c1-11-7-8-13(18)10-15(11)17(20)14-6-2-4-12-5-3-9-19-16(12)14/h3,5,7-10,14H,2,4,6H2,1H3. The minimum atomic E-state index is -0.128. The second-order valence-corrected chi connectivity index (χ2v) is 5.75. The number of aromatic nitrogens is 1. The zero-order valence-corrected chi connectivity index (χ0v) is 12.2. The molecule has 0 aliphatic heterocycles. The average Bonchev–Trinajstić information content (AvgIpc) is 2.48. The molecule has 0 radical (unpaired) electrons. The van der Waals surface area contributed by atoms with E-state index in [2.05, 4.69) is 11.1 Å². The van der Waals surface area contributed by atoms with E-state index in [0.717, 1.165) is 36.1 Å². The smallest absolute Gasteiger partial charge is 0.172 e. The summed E-state index contributed by atoms with van der Waals surface area (Å²) in [4.78, 5) is 17.3. The van der Waals surface area contributed by atoms with Gasteiger partial charge in [-0.3, -0.25) is 9.78 Å². The molecule has 1 unspecified atom stereocenters. The lowest BCUT2D eigenvalue weighted by molar-refractivity contribution is 0.0948. The summed E-state index contributed by atoms with van der Waals surface area (Å²) < 4.78 is 0. The summed E-state index contributed by atoms with van der Waals surface area (Å²) in [5.41, 5.74) is 3.85. The highest BCUT2D eigenvalue weighted by Crippen LogP contribution is 2.33. The Kier molecular flexibility index (Phi) is 3.58. The van der Waals surface area contributed by atoms with E-state index < -0.39 is 0 Å². The number of carbonyl (C=O) groups is 1. The molecule has 1 aliphatic rings. The first-order valence-electron chi connectivity index (χ1n) is 6.91. The van der Waals surface area contributed by atoms with Crippen LogP contribution in [0, 0.1) is 6.92 Å². The molecule has 0 amide bonds. The van der Waals surface area contributed by atoms with Gasteiger partial charge in [0.25, 0.3) is 0 Å². The molecular formula is C17H16ClNO. The summed E-state index contributed by atoms with van der Waals surface area (Å²) in [6.07, 6.45) is 4.69. The van der Waals surface area contributed by atoms with E-state index in [0.29, 0.717) is 5.02 Å². The molecule has 0 saturated carbocycles. The van der Waals surface area contributed by atoms with Crippen molar-refractivity contribution in [2.45, 2.75) is 32.1 Å². The van der Waals surface area contributed by atoms with Gasteiger partial charge < -0.3 is 0 Å². The van der Waals surface area contributed by atoms with Gasteiger partial charge in [0, 0.05) is 16.8 Å². The number of hydrogen-bond acceptors (Lipinski definition) is 2. The molecule has 0 N–H and O–H groups in total. The van der Waals surface area contributed by atoms with Crippen molar-refractivity contribution < 1.29 is 4.79 Å².